The average Bonchev–Trinajstić information content (AvgIpc) is 3.57. The molecule has 2 aromatic carbocycles. The maximum absolute atomic E-state index is 12.5. The Morgan fingerprint density at radius 3 is 2.61 bits per heavy atom. The van der Waals surface area contributed by atoms with Crippen molar-refractivity contribution in [1.29, 1.82) is 0 Å². The second kappa shape index (κ2) is 10.1. The second-order valence-electron chi connectivity index (χ2n) is 7.19. The molecule has 0 radical (unpaired) electrons. The second-order valence-corrected chi connectivity index (χ2v) is 8.96. The molecule has 0 saturated heterocycles. The van der Waals surface area contributed by atoms with E-state index in [1.807, 2.05) is 0 Å². The predicted octanol–water partition coefficient (Wildman–Crippen LogP) is 2.96. The zero-order valence-corrected chi connectivity index (χ0v) is 17.8. The first-order chi connectivity index (χ1) is 14.8. The van der Waals surface area contributed by atoms with Gasteiger partial charge in [-0.2, -0.15) is 8.78 Å². The molecule has 168 valence electrons. The van der Waals surface area contributed by atoms with Crippen LogP contribution in [0.15, 0.2) is 47.4 Å². The Morgan fingerprint density at radius 1 is 1.16 bits per heavy atom. The average molecular weight is 454 g/mol. The number of methoxy groups -OCH3 is 1. The van der Waals surface area contributed by atoms with E-state index in [4.69, 9.17) is 4.74 Å². The lowest BCUT2D eigenvalue weighted by Gasteiger charge is -2.12. The predicted molar refractivity (Wildman–Crippen MR) is 110 cm³/mol. The van der Waals surface area contributed by atoms with E-state index in [0.717, 1.165) is 12.8 Å². The summed E-state index contributed by atoms with van der Waals surface area (Å²) in [5.74, 6) is 0.0574. The van der Waals surface area contributed by atoms with E-state index in [9.17, 15) is 22.0 Å². The quantitative estimate of drug-likeness (QED) is 0.545. The highest BCUT2D eigenvalue weighted by molar-refractivity contribution is 7.89. The Hall–Kier alpha value is -2.72. The number of hydrogen-bond acceptors (Lipinski definition) is 5. The highest BCUT2D eigenvalue weighted by Crippen LogP contribution is 2.30. The van der Waals surface area contributed by atoms with E-state index < -0.39 is 22.5 Å². The summed E-state index contributed by atoms with van der Waals surface area (Å²) in [4.78, 5) is 12.5. The van der Waals surface area contributed by atoms with Gasteiger partial charge < -0.3 is 14.8 Å². The number of amides is 1. The van der Waals surface area contributed by atoms with Crippen molar-refractivity contribution >= 4 is 15.9 Å². The largest absolute Gasteiger partial charge is 0.493 e. The molecule has 31 heavy (non-hydrogen) atoms. The number of nitrogens with one attached hydrogen (secondary N) is 2. The van der Waals surface area contributed by atoms with E-state index in [-0.39, 0.29) is 28.5 Å². The molecule has 3 rings (SSSR count). The summed E-state index contributed by atoms with van der Waals surface area (Å²) < 4.78 is 61.8. The van der Waals surface area contributed by atoms with Gasteiger partial charge in [0, 0.05) is 18.7 Å². The fourth-order valence-electron chi connectivity index (χ4n) is 2.92. The Morgan fingerprint density at radius 2 is 1.94 bits per heavy atom. The van der Waals surface area contributed by atoms with Gasteiger partial charge in [-0.1, -0.05) is 12.1 Å². The number of hydrogen-bond donors (Lipinski definition) is 2. The summed E-state index contributed by atoms with van der Waals surface area (Å²) in [6, 6.07) is 10.4. The van der Waals surface area contributed by atoms with Crippen LogP contribution in [0.5, 0.6) is 11.5 Å². The summed E-state index contributed by atoms with van der Waals surface area (Å²) in [5, 5.41) is 2.70. The number of halogens is 2. The first kappa shape index (κ1) is 23.0. The molecule has 10 heteroatoms. The normalized spacial score (nSPS) is 13.8. The lowest BCUT2D eigenvalue weighted by Crippen LogP contribution is -2.28. The van der Waals surface area contributed by atoms with Gasteiger partial charge in [0.05, 0.1) is 12.0 Å². The topological polar surface area (TPSA) is 93.7 Å². The van der Waals surface area contributed by atoms with Crippen LogP contribution in [0.4, 0.5) is 8.78 Å². The Bertz CT molecular complexity index is 1030. The summed E-state index contributed by atoms with van der Waals surface area (Å²) in [7, 11) is -2.32. The smallest absolute Gasteiger partial charge is 0.387 e. The summed E-state index contributed by atoms with van der Waals surface area (Å²) in [6.07, 6.45) is 2.40. The molecule has 0 unspecified atom stereocenters. The maximum atomic E-state index is 12.5. The van der Waals surface area contributed by atoms with E-state index in [0.29, 0.717) is 24.4 Å². The van der Waals surface area contributed by atoms with Gasteiger partial charge in [0.15, 0.2) is 11.5 Å². The molecule has 2 aromatic rings. The van der Waals surface area contributed by atoms with Crippen molar-refractivity contribution in [1.82, 2.24) is 10.0 Å². The molecular formula is C21H24F2N2O5S. The molecule has 1 aliphatic rings. The molecule has 0 aromatic heterocycles. The molecular weight excluding hydrogens is 430 g/mol. The third-order valence-electron chi connectivity index (χ3n) is 4.81. The van der Waals surface area contributed by atoms with Gasteiger partial charge in [0.1, 0.15) is 0 Å². The van der Waals surface area contributed by atoms with Gasteiger partial charge in [0.25, 0.3) is 5.91 Å². The summed E-state index contributed by atoms with van der Waals surface area (Å²) >= 11 is 0. The minimum atomic E-state index is -3.67. The van der Waals surface area contributed by atoms with Crippen molar-refractivity contribution in [3.63, 3.8) is 0 Å². The fourth-order valence-corrected chi connectivity index (χ4v) is 4.09. The van der Waals surface area contributed by atoms with Gasteiger partial charge in [-0.05, 0) is 61.1 Å². The number of rotatable bonds is 11. The number of benzene rings is 2. The number of ether oxygens (including phenoxy) is 2. The lowest BCUT2D eigenvalue weighted by atomic mass is 10.1. The Balaban J connectivity index is 1.58. The molecule has 7 nitrogen and oxygen atoms in total. The lowest BCUT2D eigenvalue weighted by molar-refractivity contribution is -0.0512. The first-order valence-corrected chi connectivity index (χ1v) is 11.3. The minimum absolute atomic E-state index is 0.0322. The highest BCUT2D eigenvalue weighted by atomic mass is 32.2. The van der Waals surface area contributed by atoms with Gasteiger partial charge in [-0.15, -0.1) is 0 Å². The molecule has 0 atom stereocenters. The maximum Gasteiger partial charge on any atom is 0.387 e. The molecule has 0 bridgehead atoms. The molecule has 1 amide bonds. The van der Waals surface area contributed by atoms with Gasteiger partial charge in [0.2, 0.25) is 10.0 Å². The monoisotopic (exact) mass is 454 g/mol. The molecule has 0 aliphatic heterocycles. The Labute approximate surface area is 179 Å². The number of alkyl halides is 2. The Kier molecular flexibility index (Phi) is 7.45. The van der Waals surface area contributed by atoms with Crippen molar-refractivity contribution in [2.45, 2.75) is 30.8 Å². The van der Waals surface area contributed by atoms with Gasteiger partial charge in [-0.25, -0.2) is 13.1 Å². The zero-order chi connectivity index (χ0) is 22.4. The van der Waals surface area contributed by atoms with Crippen molar-refractivity contribution in [2.24, 2.45) is 5.92 Å². The molecule has 1 fully saturated rings. The van der Waals surface area contributed by atoms with Crippen LogP contribution in [-0.2, 0) is 16.4 Å². The SMILES string of the molecule is COc1ccc(CCNC(=O)c2cccc(S(=O)(=O)NCC3CC3)c2)cc1OC(F)F. The molecule has 1 saturated carbocycles. The number of carbonyl (C=O) groups excluding carboxylic acids is 1. The molecule has 0 spiro atoms. The highest BCUT2D eigenvalue weighted by Gasteiger charge is 2.24. The van der Waals surface area contributed by atoms with Crippen LogP contribution >= 0.6 is 0 Å². The molecule has 2 N–H and O–H groups in total. The van der Waals surface area contributed by atoms with Crippen LogP contribution in [0.3, 0.4) is 0 Å². The van der Waals surface area contributed by atoms with Gasteiger partial charge in [-0.3, -0.25) is 4.79 Å². The molecule has 0 heterocycles. The van der Waals surface area contributed by atoms with Crippen LogP contribution in [0.25, 0.3) is 0 Å². The van der Waals surface area contributed by atoms with E-state index >= 15 is 0 Å². The van der Waals surface area contributed by atoms with Gasteiger partial charge >= 0.3 is 6.61 Å². The third kappa shape index (κ3) is 6.63. The molecule has 1 aliphatic carbocycles. The minimum Gasteiger partial charge on any atom is -0.493 e. The standard InChI is InChI=1S/C21H24F2N2O5S/c1-29-18-8-7-14(11-19(18)30-21(22)23)9-10-24-20(26)16-3-2-4-17(12-16)31(27,28)25-13-15-5-6-15/h2-4,7-8,11-12,15,21,25H,5-6,9-10,13H2,1H3,(H,24,26). The third-order valence-corrected chi connectivity index (χ3v) is 6.23. The fraction of sp³-hybridized carbons (Fsp3) is 0.381. The van der Waals surface area contributed by atoms with Crippen molar-refractivity contribution in [3.05, 3.63) is 53.6 Å². The van der Waals surface area contributed by atoms with Crippen LogP contribution in [0.2, 0.25) is 0 Å². The van der Waals surface area contributed by atoms with Crippen LogP contribution in [0.1, 0.15) is 28.8 Å². The summed E-state index contributed by atoms with van der Waals surface area (Å²) in [5.41, 5.74) is 0.878. The van der Waals surface area contributed by atoms with Crippen molar-refractivity contribution < 1.29 is 31.5 Å². The van der Waals surface area contributed by atoms with E-state index in [2.05, 4.69) is 14.8 Å². The number of sulfonamides is 1. The van der Waals surface area contributed by atoms with Crippen LogP contribution in [-0.4, -0.2) is 41.1 Å². The van der Waals surface area contributed by atoms with Crippen molar-refractivity contribution in [3.8, 4) is 11.5 Å². The van der Waals surface area contributed by atoms with E-state index in [1.165, 1.54) is 43.5 Å². The van der Waals surface area contributed by atoms with Crippen molar-refractivity contribution in [2.75, 3.05) is 20.2 Å². The zero-order valence-electron chi connectivity index (χ0n) is 16.9. The van der Waals surface area contributed by atoms with E-state index in [1.54, 1.807) is 6.07 Å². The number of carbonyl (C=O) groups is 1. The first-order valence-electron chi connectivity index (χ1n) is 9.78. The van der Waals surface area contributed by atoms with Crippen LogP contribution in [0, 0.1) is 5.92 Å². The van der Waals surface area contributed by atoms with Crippen LogP contribution < -0.4 is 19.5 Å². The summed E-state index contributed by atoms with van der Waals surface area (Å²) in [6.45, 7) is -2.36.